The van der Waals surface area contributed by atoms with E-state index in [1.807, 2.05) is 0 Å². The number of aliphatic hydroxyl groups is 2. The number of hydrogen-bond donors (Lipinski definition) is 2. The Morgan fingerprint density at radius 1 is 0.643 bits per heavy atom. The first-order valence-electron chi connectivity index (χ1n) is 5.66. The zero-order valence-corrected chi connectivity index (χ0v) is 8.86. The van der Waals surface area contributed by atoms with Crippen LogP contribution in [0.4, 0.5) is 0 Å². The average molecular weight is 202 g/mol. The van der Waals surface area contributed by atoms with E-state index in [0.29, 0.717) is 13.2 Å². The maximum Gasteiger partial charge on any atom is 0.129 e. The van der Waals surface area contributed by atoms with Crippen LogP contribution < -0.4 is 0 Å². The topological polar surface area (TPSA) is 40.5 Å². The van der Waals surface area contributed by atoms with Gasteiger partial charge in [-0.25, -0.2) is 0 Å². The first kappa shape index (κ1) is 10.4. The molecule has 0 aromatic rings. The lowest BCUT2D eigenvalue weighted by molar-refractivity contribution is -1.08. The Hall–Kier alpha value is -0.160. The van der Waals surface area contributed by atoms with Crippen LogP contribution >= 0.6 is 0 Å². The third kappa shape index (κ3) is 1.67. The molecule has 2 N–H and O–H groups in total. The van der Waals surface area contributed by atoms with Crippen LogP contribution in [0.25, 0.3) is 0 Å². The molecule has 0 atom stereocenters. The maximum absolute atomic E-state index is 9.04. The molecule has 0 aromatic carbocycles. The number of rotatable bonds is 4. The molecular formula is C10H22N2O2+2. The minimum absolute atomic E-state index is 0.319. The molecule has 4 heteroatoms. The molecule has 82 valence electrons. The van der Waals surface area contributed by atoms with Crippen molar-refractivity contribution in [1.29, 1.82) is 0 Å². The van der Waals surface area contributed by atoms with Crippen LogP contribution in [0.2, 0.25) is 0 Å². The molecule has 0 saturated carbocycles. The Morgan fingerprint density at radius 3 is 1.14 bits per heavy atom. The minimum atomic E-state index is 0.319. The normalized spacial score (nSPS) is 41.6. The second-order valence-electron chi connectivity index (χ2n) is 4.92. The molecule has 0 spiro atoms. The van der Waals surface area contributed by atoms with Gasteiger partial charge in [-0.2, -0.15) is 0 Å². The largest absolute Gasteiger partial charge is 0.391 e. The number of piperazine rings is 3. The summed E-state index contributed by atoms with van der Waals surface area (Å²) in [5.74, 6) is 0. The Labute approximate surface area is 85.5 Å². The summed E-state index contributed by atoms with van der Waals surface area (Å²) in [4.78, 5) is 0. The van der Waals surface area contributed by atoms with Crippen molar-refractivity contribution in [2.75, 3.05) is 65.6 Å². The zero-order valence-electron chi connectivity index (χ0n) is 8.86. The molecule has 14 heavy (non-hydrogen) atoms. The predicted octanol–water partition coefficient (Wildman–Crippen LogP) is -1.37. The van der Waals surface area contributed by atoms with Crippen molar-refractivity contribution < 1.29 is 19.2 Å². The van der Waals surface area contributed by atoms with Gasteiger partial charge in [0.2, 0.25) is 0 Å². The Bertz CT molecular complexity index is 162. The van der Waals surface area contributed by atoms with E-state index < -0.39 is 0 Å². The number of quaternary nitrogens is 2. The fourth-order valence-corrected chi connectivity index (χ4v) is 3.04. The first-order chi connectivity index (χ1) is 6.74. The summed E-state index contributed by atoms with van der Waals surface area (Å²) in [6, 6.07) is 0. The molecule has 0 unspecified atom stereocenters. The second kappa shape index (κ2) is 3.77. The Balaban J connectivity index is 1.98. The van der Waals surface area contributed by atoms with Gasteiger partial charge in [0.05, 0.1) is 13.2 Å². The third-order valence-electron chi connectivity index (χ3n) is 4.29. The van der Waals surface area contributed by atoms with Gasteiger partial charge < -0.3 is 19.2 Å². The van der Waals surface area contributed by atoms with Crippen LogP contribution in [0.5, 0.6) is 0 Å². The summed E-state index contributed by atoms with van der Waals surface area (Å²) in [6.07, 6.45) is 0. The van der Waals surface area contributed by atoms with Crippen LogP contribution in [0.1, 0.15) is 0 Å². The number of nitrogens with zero attached hydrogens (tertiary/aromatic N) is 2. The second-order valence-corrected chi connectivity index (χ2v) is 4.92. The predicted molar refractivity (Wildman–Crippen MR) is 53.6 cm³/mol. The van der Waals surface area contributed by atoms with Crippen molar-refractivity contribution in [1.82, 2.24) is 0 Å². The van der Waals surface area contributed by atoms with Crippen molar-refractivity contribution in [3.05, 3.63) is 0 Å². The molecule has 0 aromatic heterocycles. The maximum atomic E-state index is 9.04. The molecule has 3 aliphatic rings. The summed E-state index contributed by atoms with van der Waals surface area (Å²) in [7, 11) is 0. The highest BCUT2D eigenvalue weighted by molar-refractivity contribution is 4.61. The molecule has 3 fully saturated rings. The van der Waals surface area contributed by atoms with Gasteiger partial charge in [-0.3, -0.25) is 0 Å². The van der Waals surface area contributed by atoms with Gasteiger partial charge in [-0.05, 0) is 0 Å². The van der Waals surface area contributed by atoms with E-state index in [1.165, 1.54) is 39.3 Å². The lowest BCUT2D eigenvalue weighted by Gasteiger charge is -2.55. The lowest BCUT2D eigenvalue weighted by Crippen LogP contribution is -2.75. The zero-order chi connectivity index (χ0) is 10.1. The number of fused-ring (bicyclic) bond motifs is 3. The van der Waals surface area contributed by atoms with Crippen LogP contribution in [0.15, 0.2) is 0 Å². The minimum Gasteiger partial charge on any atom is -0.391 e. The molecule has 3 heterocycles. The number of hydrogen-bond acceptors (Lipinski definition) is 2. The summed E-state index contributed by atoms with van der Waals surface area (Å²) in [5.41, 5.74) is 0. The highest BCUT2D eigenvalue weighted by atomic mass is 16.3. The molecule has 2 bridgehead atoms. The van der Waals surface area contributed by atoms with Crippen LogP contribution in [-0.4, -0.2) is 84.8 Å². The van der Waals surface area contributed by atoms with Gasteiger partial charge in [0.1, 0.15) is 52.4 Å². The van der Waals surface area contributed by atoms with Gasteiger partial charge >= 0.3 is 0 Å². The fraction of sp³-hybridized carbons (Fsp3) is 1.00. The highest BCUT2D eigenvalue weighted by Gasteiger charge is 2.48. The van der Waals surface area contributed by atoms with Crippen LogP contribution in [-0.2, 0) is 0 Å². The van der Waals surface area contributed by atoms with E-state index >= 15 is 0 Å². The van der Waals surface area contributed by atoms with Crippen molar-refractivity contribution in [2.24, 2.45) is 0 Å². The molecule has 4 nitrogen and oxygen atoms in total. The van der Waals surface area contributed by atoms with E-state index in [0.717, 1.165) is 22.1 Å². The molecule has 3 rings (SSSR count). The first-order valence-corrected chi connectivity index (χ1v) is 5.66. The van der Waals surface area contributed by atoms with Gasteiger partial charge in [-0.15, -0.1) is 0 Å². The van der Waals surface area contributed by atoms with Crippen LogP contribution in [0, 0.1) is 0 Å². The van der Waals surface area contributed by atoms with E-state index in [2.05, 4.69) is 0 Å². The Morgan fingerprint density at radius 2 is 0.929 bits per heavy atom. The molecule has 0 aliphatic carbocycles. The molecular weight excluding hydrogens is 180 g/mol. The van der Waals surface area contributed by atoms with Crippen molar-refractivity contribution in [3.63, 3.8) is 0 Å². The smallest absolute Gasteiger partial charge is 0.129 e. The van der Waals surface area contributed by atoms with Crippen molar-refractivity contribution >= 4 is 0 Å². The average Bonchev–Trinajstić information content (AvgIpc) is 2.22. The van der Waals surface area contributed by atoms with Gasteiger partial charge in [-0.1, -0.05) is 0 Å². The summed E-state index contributed by atoms with van der Waals surface area (Å²) in [6.45, 7) is 9.67. The standard InChI is InChI=1S/C10H22N2O2/c13-9-7-11-1-2-12(5-3-11,6-4-11)8-10-14/h13-14H,1-10H2/q+2. The molecule has 0 amide bonds. The van der Waals surface area contributed by atoms with Crippen molar-refractivity contribution in [3.8, 4) is 0 Å². The van der Waals surface area contributed by atoms with Crippen LogP contribution in [0.3, 0.4) is 0 Å². The van der Waals surface area contributed by atoms with E-state index in [4.69, 9.17) is 10.2 Å². The van der Waals surface area contributed by atoms with E-state index in [9.17, 15) is 0 Å². The summed E-state index contributed by atoms with van der Waals surface area (Å²) < 4.78 is 2.25. The van der Waals surface area contributed by atoms with E-state index in [1.54, 1.807) is 0 Å². The fourth-order valence-electron chi connectivity index (χ4n) is 3.04. The third-order valence-corrected chi connectivity index (χ3v) is 4.29. The monoisotopic (exact) mass is 202 g/mol. The summed E-state index contributed by atoms with van der Waals surface area (Å²) >= 11 is 0. The van der Waals surface area contributed by atoms with Gasteiger partial charge in [0.25, 0.3) is 0 Å². The number of aliphatic hydroxyl groups excluding tert-OH is 2. The Kier molecular flexibility index (Phi) is 2.79. The quantitative estimate of drug-likeness (QED) is 0.552. The van der Waals surface area contributed by atoms with Gasteiger partial charge in [0.15, 0.2) is 0 Å². The highest BCUT2D eigenvalue weighted by Crippen LogP contribution is 2.25. The molecule has 3 saturated heterocycles. The molecule has 0 radical (unpaired) electrons. The molecule has 3 aliphatic heterocycles. The summed E-state index contributed by atoms with van der Waals surface area (Å²) in [5, 5.41) is 18.1. The lowest BCUT2D eigenvalue weighted by atomic mass is 10.1. The van der Waals surface area contributed by atoms with Gasteiger partial charge in [0, 0.05) is 0 Å². The van der Waals surface area contributed by atoms with E-state index in [-0.39, 0.29) is 0 Å². The van der Waals surface area contributed by atoms with Crippen molar-refractivity contribution in [2.45, 2.75) is 0 Å². The SMILES string of the molecule is OCC[N+]12CC[N+](CCO)(CC1)CC2.